The third kappa shape index (κ3) is 4.04. The fraction of sp³-hybridized carbons (Fsp3) is 0. The van der Waals surface area contributed by atoms with Crippen LogP contribution in [0.2, 0.25) is 0 Å². The summed E-state index contributed by atoms with van der Waals surface area (Å²) in [6.07, 6.45) is 9.32. The molecule has 44 heavy (non-hydrogen) atoms. The number of hydrogen-bond acceptors (Lipinski definition) is 5. The standard InChI is InChI=1S/C36H23N7S/c1-2-9-35-32(8-1)40-36(44-35)25-10-13-29-30-22-26(41-18-4-16-38-41)12-15-33(30)43(34(29)21-25)27-7-3-6-24(20-27)31-14-11-28(23-37-31)42-19-5-17-39-42/h1-23H. The van der Waals surface area contributed by atoms with Gasteiger partial charge in [-0.2, -0.15) is 10.2 Å². The highest BCUT2D eigenvalue weighted by atomic mass is 32.1. The minimum Gasteiger partial charge on any atom is -0.309 e. The first-order valence-corrected chi connectivity index (χ1v) is 15.1. The molecule has 0 N–H and O–H groups in total. The lowest BCUT2D eigenvalue weighted by Crippen LogP contribution is -1.97. The van der Waals surface area contributed by atoms with Crippen molar-refractivity contribution in [3.8, 4) is 38.9 Å². The molecule has 5 aromatic heterocycles. The molecule has 7 nitrogen and oxygen atoms in total. The summed E-state index contributed by atoms with van der Waals surface area (Å²) in [5.41, 5.74) is 9.32. The molecule has 0 bridgehead atoms. The Morgan fingerprint density at radius 3 is 2.20 bits per heavy atom. The smallest absolute Gasteiger partial charge is 0.124 e. The lowest BCUT2D eigenvalue weighted by molar-refractivity contribution is 0.874. The van der Waals surface area contributed by atoms with Crippen molar-refractivity contribution < 1.29 is 0 Å². The van der Waals surface area contributed by atoms with Gasteiger partial charge in [0.15, 0.2) is 0 Å². The molecular formula is C36H23N7S. The van der Waals surface area contributed by atoms with Crippen LogP contribution in [0.4, 0.5) is 0 Å². The average molecular weight is 586 g/mol. The summed E-state index contributed by atoms with van der Waals surface area (Å²) in [4.78, 5) is 9.74. The van der Waals surface area contributed by atoms with E-state index in [9.17, 15) is 0 Å². The van der Waals surface area contributed by atoms with Crippen molar-refractivity contribution in [2.45, 2.75) is 0 Å². The molecule has 0 unspecified atom stereocenters. The van der Waals surface area contributed by atoms with Crippen LogP contribution in [0.15, 0.2) is 140 Å². The van der Waals surface area contributed by atoms with Crippen LogP contribution in [-0.2, 0) is 0 Å². The molecule has 0 saturated heterocycles. The van der Waals surface area contributed by atoms with Crippen LogP contribution in [0.3, 0.4) is 0 Å². The first-order chi connectivity index (χ1) is 21.8. The van der Waals surface area contributed by atoms with Gasteiger partial charge in [0, 0.05) is 52.4 Å². The summed E-state index contributed by atoms with van der Waals surface area (Å²) < 4.78 is 7.24. The van der Waals surface area contributed by atoms with Gasteiger partial charge in [-0.3, -0.25) is 4.98 Å². The maximum atomic E-state index is 4.96. The van der Waals surface area contributed by atoms with Gasteiger partial charge < -0.3 is 4.57 Å². The second-order valence-corrected chi connectivity index (χ2v) is 11.6. The number of benzene rings is 4. The third-order valence-corrected chi connectivity index (χ3v) is 9.06. The molecule has 5 heterocycles. The maximum Gasteiger partial charge on any atom is 0.124 e. The average Bonchev–Trinajstić information content (AvgIpc) is 3.90. The van der Waals surface area contributed by atoms with Crippen molar-refractivity contribution in [1.82, 2.24) is 34.1 Å². The molecule has 9 rings (SSSR count). The Kier molecular flexibility index (Phi) is 5.54. The highest BCUT2D eigenvalue weighted by Crippen LogP contribution is 2.38. The zero-order valence-electron chi connectivity index (χ0n) is 23.3. The van der Waals surface area contributed by atoms with Gasteiger partial charge in [-0.15, -0.1) is 11.3 Å². The number of thiazole rings is 1. The van der Waals surface area contributed by atoms with Gasteiger partial charge in [0.25, 0.3) is 0 Å². The van der Waals surface area contributed by atoms with Gasteiger partial charge in [-0.25, -0.2) is 14.3 Å². The summed E-state index contributed by atoms with van der Waals surface area (Å²) >= 11 is 1.72. The first-order valence-electron chi connectivity index (χ1n) is 14.3. The minimum absolute atomic E-state index is 0.902. The number of pyridine rings is 1. The van der Waals surface area contributed by atoms with E-state index in [0.29, 0.717) is 0 Å². The molecule has 208 valence electrons. The van der Waals surface area contributed by atoms with Gasteiger partial charge in [0.2, 0.25) is 0 Å². The summed E-state index contributed by atoms with van der Waals surface area (Å²) in [5, 5.41) is 12.1. The predicted molar refractivity (Wildman–Crippen MR) is 177 cm³/mol. The summed E-state index contributed by atoms with van der Waals surface area (Å²) in [6, 6.07) is 38.0. The second kappa shape index (κ2) is 9.86. The van der Waals surface area contributed by atoms with Crippen molar-refractivity contribution >= 4 is 43.4 Å². The molecule has 0 atom stereocenters. The van der Waals surface area contributed by atoms with Crippen LogP contribution >= 0.6 is 11.3 Å². The van der Waals surface area contributed by atoms with E-state index in [1.165, 1.54) is 10.1 Å². The zero-order chi connectivity index (χ0) is 29.0. The van der Waals surface area contributed by atoms with Gasteiger partial charge in [-0.1, -0.05) is 36.4 Å². The van der Waals surface area contributed by atoms with Crippen molar-refractivity contribution in [2.24, 2.45) is 0 Å². The van der Waals surface area contributed by atoms with E-state index >= 15 is 0 Å². The number of aromatic nitrogens is 7. The van der Waals surface area contributed by atoms with Crippen molar-refractivity contribution in [3.63, 3.8) is 0 Å². The van der Waals surface area contributed by atoms with E-state index in [-0.39, 0.29) is 0 Å². The predicted octanol–water partition coefficient (Wildman–Crippen LogP) is 8.49. The Morgan fingerprint density at radius 2 is 1.41 bits per heavy atom. The monoisotopic (exact) mass is 585 g/mol. The molecule has 0 aliphatic carbocycles. The van der Waals surface area contributed by atoms with Crippen molar-refractivity contribution in [1.29, 1.82) is 0 Å². The molecule has 0 spiro atoms. The Morgan fingerprint density at radius 1 is 0.568 bits per heavy atom. The fourth-order valence-electron chi connectivity index (χ4n) is 5.90. The highest BCUT2D eigenvalue weighted by molar-refractivity contribution is 7.21. The van der Waals surface area contributed by atoms with Gasteiger partial charge in [0.05, 0.1) is 44.5 Å². The molecule has 0 radical (unpaired) electrons. The van der Waals surface area contributed by atoms with E-state index in [0.717, 1.165) is 60.8 Å². The quantitative estimate of drug-likeness (QED) is 0.203. The molecule has 0 aliphatic heterocycles. The summed E-state index contributed by atoms with van der Waals surface area (Å²) in [6.45, 7) is 0. The Bertz CT molecular complexity index is 2400. The molecule has 0 aliphatic rings. The van der Waals surface area contributed by atoms with Crippen molar-refractivity contribution in [2.75, 3.05) is 0 Å². The van der Waals surface area contributed by atoms with Crippen LogP contribution in [0.25, 0.3) is 70.9 Å². The first kappa shape index (κ1) is 24.7. The summed E-state index contributed by atoms with van der Waals surface area (Å²) in [5.74, 6) is 0. The number of hydrogen-bond donors (Lipinski definition) is 0. The number of para-hydroxylation sites is 1. The Hall–Kier alpha value is -5.86. The Labute approximate surface area is 255 Å². The van der Waals surface area contributed by atoms with Crippen molar-refractivity contribution in [3.05, 3.63) is 140 Å². The molecule has 0 saturated carbocycles. The topological polar surface area (TPSA) is 66.3 Å². The fourth-order valence-corrected chi connectivity index (χ4v) is 6.86. The number of nitrogens with zero attached hydrogens (tertiary/aromatic N) is 7. The molecule has 8 heteroatoms. The van der Waals surface area contributed by atoms with Crippen LogP contribution < -0.4 is 0 Å². The lowest BCUT2D eigenvalue weighted by Gasteiger charge is -2.11. The minimum atomic E-state index is 0.902. The maximum absolute atomic E-state index is 4.96. The van der Waals surface area contributed by atoms with E-state index < -0.39 is 0 Å². The largest absolute Gasteiger partial charge is 0.309 e. The van der Waals surface area contributed by atoms with E-state index in [4.69, 9.17) is 9.97 Å². The zero-order valence-corrected chi connectivity index (χ0v) is 24.1. The molecule has 0 amide bonds. The third-order valence-electron chi connectivity index (χ3n) is 7.98. The molecule has 4 aromatic carbocycles. The van der Waals surface area contributed by atoms with E-state index in [1.807, 2.05) is 58.3 Å². The molecule has 0 fully saturated rings. The van der Waals surface area contributed by atoms with Crippen LogP contribution in [0.1, 0.15) is 0 Å². The van der Waals surface area contributed by atoms with Crippen LogP contribution in [0.5, 0.6) is 0 Å². The van der Waals surface area contributed by atoms with Crippen LogP contribution in [0, 0.1) is 0 Å². The van der Waals surface area contributed by atoms with Gasteiger partial charge >= 0.3 is 0 Å². The Balaban J connectivity index is 1.23. The molecular weight excluding hydrogens is 563 g/mol. The van der Waals surface area contributed by atoms with Gasteiger partial charge in [0.1, 0.15) is 5.01 Å². The lowest BCUT2D eigenvalue weighted by atomic mass is 10.1. The molecule has 9 aromatic rings. The van der Waals surface area contributed by atoms with Gasteiger partial charge in [-0.05, 0) is 72.8 Å². The normalized spacial score (nSPS) is 11.6. The number of fused-ring (bicyclic) bond motifs is 4. The van der Waals surface area contributed by atoms with E-state index in [1.54, 1.807) is 23.7 Å². The number of rotatable bonds is 5. The van der Waals surface area contributed by atoms with E-state index in [2.05, 4.69) is 93.6 Å². The summed E-state index contributed by atoms with van der Waals surface area (Å²) in [7, 11) is 0. The highest BCUT2D eigenvalue weighted by Gasteiger charge is 2.16. The second-order valence-electron chi connectivity index (χ2n) is 10.6. The van der Waals surface area contributed by atoms with Crippen LogP contribution in [-0.4, -0.2) is 34.1 Å². The SMILES string of the molecule is c1cc(-c2ccc(-n3cccn3)cn2)cc(-n2c3ccc(-n4cccn4)cc3c3ccc(-c4nc5ccccc5s4)cc32)c1.